The van der Waals surface area contributed by atoms with E-state index >= 15 is 0 Å². The fourth-order valence-electron chi connectivity index (χ4n) is 2.92. The van der Waals surface area contributed by atoms with E-state index in [-0.39, 0.29) is 23.7 Å². The molecule has 0 amide bonds. The van der Waals surface area contributed by atoms with Crippen molar-refractivity contribution in [1.82, 2.24) is 14.8 Å². The molecule has 2 heterocycles. The smallest absolute Gasteiger partial charge is 0.357 e. The number of hydrogen-bond donors (Lipinski definition) is 1. The van der Waals surface area contributed by atoms with Crippen LogP contribution in [-0.2, 0) is 11.5 Å². The van der Waals surface area contributed by atoms with E-state index in [2.05, 4.69) is 29.7 Å². The van der Waals surface area contributed by atoms with Gasteiger partial charge in [-0.05, 0) is 24.2 Å². The Kier molecular flexibility index (Phi) is 5.99. The lowest BCUT2D eigenvalue weighted by Crippen LogP contribution is -2.22. The molecule has 0 radical (unpaired) electrons. The largest absolute Gasteiger partial charge is 0.496 e. The van der Waals surface area contributed by atoms with Crippen LogP contribution in [0.5, 0.6) is 5.75 Å². The summed E-state index contributed by atoms with van der Waals surface area (Å²) >= 11 is 0. The topological polar surface area (TPSA) is 86.5 Å². The number of hydrogen-bond acceptors (Lipinski definition) is 5. The van der Waals surface area contributed by atoms with Crippen molar-refractivity contribution >= 4 is 24.9 Å². The summed E-state index contributed by atoms with van der Waals surface area (Å²) < 4.78 is 26.8. The average molecular weight is 418 g/mol. The summed E-state index contributed by atoms with van der Waals surface area (Å²) in [6.07, 6.45) is 1.48. The Morgan fingerprint density at radius 2 is 2.07 bits per heavy atom. The molecule has 0 unspecified atom stereocenters. The number of aromatic nitrogens is 3. The van der Waals surface area contributed by atoms with Gasteiger partial charge in [-0.25, -0.2) is 13.9 Å². The lowest BCUT2D eigenvalue weighted by atomic mass is 10.1. The number of pyridine rings is 1. The van der Waals surface area contributed by atoms with E-state index in [0.29, 0.717) is 23.3 Å². The van der Waals surface area contributed by atoms with E-state index in [4.69, 9.17) is 9.47 Å². The minimum atomic E-state index is -1.23. The monoisotopic (exact) mass is 417 g/mol. The van der Waals surface area contributed by atoms with Gasteiger partial charge in [0.15, 0.2) is 5.69 Å². The third-order valence-electron chi connectivity index (χ3n) is 4.50. The molecule has 0 spiro atoms. The highest BCUT2D eigenvalue weighted by Gasteiger charge is 2.20. The number of carboxylic acid groups (broad SMARTS) is 1. The molecule has 3 aromatic rings. The summed E-state index contributed by atoms with van der Waals surface area (Å²) in [5.74, 6) is -1.36. The van der Waals surface area contributed by atoms with Crippen molar-refractivity contribution in [2.75, 3.05) is 13.7 Å². The van der Waals surface area contributed by atoms with E-state index in [1.807, 2.05) is 0 Å². The summed E-state index contributed by atoms with van der Waals surface area (Å²) in [5, 5.41) is 14.1. The van der Waals surface area contributed by atoms with Crippen LogP contribution in [0.2, 0.25) is 25.7 Å². The molecule has 0 aliphatic heterocycles. The Labute approximate surface area is 169 Å². The molecule has 154 valence electrons. The van der Waals surface area contributed by atoms with E-state index in [9.17, 15) is 14.3 Å². The van der Waals surface area contributed by atoms with E-state index in [0.717, 1.165) is 6.04 Å². The first kappa shape index (κ1) is 20.9. The molecule has 29 heavy (non-hydrogen) atoms. The second-order valence-corrected chi connectivity index (χ2v) is 13.5. The van der Waals surface area contributed by atoms with Crippen molar-refractivity contribution < 1.29 is 23.8 Å². The Balaban J connectivity index is 1.99. The minimum absolute atomic E-state index is 0.123. The lowest BCUT2D eigenvalue weighted by molar-refractivity contribution is 0.0676. The zero-order valence-electron chi connectivity index (χ0n) is 16.9. The van der Waals surface area contributed by atoms with Gasteiger partial charge in [-0.1, -0.05) is 25.7 Å². The van der Waals surface area contributed by atoms with Crippen molar-refractivity contribution in [2.24, 2.45) is 0 Å². The number of rotatable bonds is 8. The van der Waals surface area contributed by atoms with Gasteiger partial charge in [-0.3, -0.25) is 4.98 Å². The van der Waals surface area contributed by atoms with Crippen molar-refractivity contribution in [2.45, 2.75) is 32.4 Å². The van der Waals surface area contributed by atoms with Crippen LogP contribution >= 0.6 is 0 Å². The number of aromatic carboxylic acids is 1. The maximum atomic E-state index is 14.4. The summed E-state index contributed by atoms with van der Waals surface area (Å²) in [4.78, 5) is 16.0. The molecule has 1 aromatic carbocycles. The second kappa shape index (κ2) is 8.30. The molecule has 0 bridgehead atoms. The third kappa shape index (κ3) is 4.62. The molecular formula is C20H24FN3O4Si. The quantitative estimate of drug-likeness (QED) is 0.435. The number of fused-ring (bicyclic) bond motifs is 1. The summed E-state index contributed by atoms with van der Waals surface area (Å²) in [6.45, 7) is 7.47. The molecule has 1 N–H and O–H groups in total. The van der Waals surface area contributed by atoms with Crippen molar-refractivity contribution in [3.8, 4) is 17.0 Å². The van der Waals surface area contributed by atoms with E-state index in [1.165, 1.54) is 36.2 Å². The van der Waals surface area contributed by atoms with E-state index < -0.39 is 19.9 Å². The number of benzene rings is 1. The van der Waals surface area contributed by atoms with Gasteiger partial charge in [0, 0.05) is 20.1 Å². The zero-order chi connectivity index (χ0) is 21.2. The number of methoxy groups -OCH3 is 1. The van der Waals surface area contributed by atoms with Gasteiger partial charge >= 0.3 is 5.97 Å². The van der Waals surface area contributed by atoms with Gasteiger partial charge in [0.2, 0.25) is 0 Å². The van der Waals surface area contributed by atoms with Crippen molar-refractivity contribution in [1.29, 1.82) is 0 Å². The Bertz CT molecular complexity index is 1050. The van der Waals surface area contributed by atoms with Crippen LogP contribution < -0.4 is 4.74 Å². The van der Waals surface area contributed by atoms with Crippen LogP contribution in [0.4, 0.5) is 4.39 Å². The lowest BCUT2D eigenvalue weighted by Gasteiger charge is -2.15. The predicted octanol–water partition coefficient (Wildman–Crippen LogP) is 4.26. The average Bonchev–Trinajstić information content (AvgIpc) is 3.02. The maximum Gasteiger partial charge on any atom is 0.357 e. The van der Waals surface area contributed by atoms with Crippen LogP contribution in [-0.4, -0.2) is 47.6 Å². The molecule has 0 aliphatic carbocycles. The standard InChI is InChI=1S/C20H24FN3O4Si/c1-27-17-7-5-6-14(21)18(17)15-10-13-16(11-22-15)24(23-19(13)20(25)26)12-28-8-9-29(2,3)4/h5-7,10-11H,8-9,12H2,1-4H3,(H,25,26). The molecule has 9 heteroatoms. The second-order valence-electron chi connectivity index (χ2n) is 7.91. The number of halogens is 1. The zero-order valence-corrected chi connectivity index (χ0v) is 17.9. The van der Waals surface area contributed by atoms with Crippen LogP contribution in [0, 0.1) is 5.82 Å². The van der Waals surface area contributed by atoms with Gasteiger partial charge in [0.1, 0.15) is 18.3 Å². The van der Waals surface area contributed by atoms with Gasteiger partial charge in [0.05, 0.1) is 30.1 Å². The molecular weight excluding hydrogens is 393 g/mol. The van der Waals surface area contributed by atoms with Gasteiger partial charge in [-0.15, -0.1) is 0 Å². The fraction of sp³-hybridized carbons (Fsp3) is 0.350. The third-order valence-corrected chi connectivity index (χ3v) is 6.20. The molecule has 7 nitrogen and oxygen atoms in total. The number of carbonyl (C=O) groups is 1. The first-order valence-corrected chi connectivity index (χ1v) is 12.9. The molecule has 3 rings (SSSR count). The van der Waals surface area contributed by atoms with Gasteiger partial charge in [0.25, 0.3) is 0 Å². The first-order valence-electron chi connectivity index (χ1n) is 9.22. The van der Waals surface area contributed by atoms with Crippen molar-refractivity contribution in [3.05, 3.63) is 42.0 Å². The molecule has 0 saturated carbocycles. The van der Waals surface area contributed by atoms with Gasteiger partial charge < -0.3 is 14.6 Å². The predicted molar refractivity (Wildman–Crippen MR) is 111 cm³/mol. The number of nitrogens with zero attached hydrogens (tertiary/aromatic N) is 3. The number of carboxylic acids is 1. The minimum Gasteiger partial charge on any atom is -0.496 e. The Morgan fingerprint density at radius 1 is 1.31 bits per heavy atom. The van der Waals surface area contributed by atoms with Crippen LogP contribution in [0.15, 0.2) is 30.5 Å². The highest BCUT2D eigenvalue weighted by atomic mass is 28.3. The molecule has 0 atom stereocenters. The maximum absolute atomic E-state index is 14.4. The Hall–Kier alpha value is -2.78. The Morgan fingerprint density at radius 3 is 2.72 bits per heavy atom. The highest BCUT2D eigenvalue weighted by molar-refractivity contribution is 6.76. The highest BCUT2D eigenvalue weighted by Crippen LogP contribution is 2.33. The van der Waals surface area contributed by atoms with Crippen LogP contribution in [0.25, 0.3) is 22.2 Å². The summed E-state index contributed by atoms with van der Waals surface area (Å²) in [5.41, 5.74) is 0.823. The van der Waals surface area contributed by atoms with Crippen molar-refractivity contribution in [3.63, 3.8) is 0 Å². The van der Waals surface area contributed by atoms with Crippen LogP contribution in [0.1, 0.15) is 10.5 Å². The summed E-state index contributed by atoms with van der Waals surface area (Å²) in [7, 11) is 0.210. The van der Waals surface area contributed by atoms with Gasteiger partial charge in [-0.2, -0.15) is 5.10 Å². The number of ether oxygens (including phenoxy) is 2. The molecule has 0 saturated heterocycles. The molecule has 2 aromatic heterocycles. The van der Waals surface area contributed by atoms with E-state index in [1.54, 1.807) is 6.07 Å². The van der Waals surface area contributed by atoms with Crippen LogP contribution in [0.3, 0.4) is 0 Å². The SMILES string of the molecule is COc1cccc(F)c1-c1cc2c(C(=O)O)nn(COCC[Si](C)(C)C)c2cn1. The molecule has 0 aliphatic rings. The first-order chi connectivity index (χ1) is 13.7. The fourth-order valence-corrected chi connectivity index (χ4v) is 3.67. The molecule has 0 fully saturated rings. The summed E-state index contributed by atoms with van der Waals surface area (Å²) in [6, 6.07) is 6.98. The normalized spacial score (nSPS) is 11.8.